The third-order valence-corrected chi connectivity index (χ3v) is 4.99. The van der Waals surface area contributed by atoms with E-state index in [0.717, 1.165) is 11.0 Å². The Bertz CT molecular complexity index is 1030. The third-order valence-electron chi connectivity index (χ3n) is 4.70. The van der Waals surface area contributed by atoms with Crippen molar-refractivity contribution in [3.8, 4) is 11.5 Å². The standard InChI is InChI=1S/C21H21ClFN3O6/c1-31-18-10-13(2-5-17(18)32-9-8-27)20(29)24-12-19(28)26-7-6-25(21(26)30)14-3-4-16(23)15(22)11-14/h2-5,10-11,27H,6-9,12H2,1H3,(H,24,29). The van der Waals surface area contributed by atoms with Crippen LogP contribution in [-0.2, 0) is 4.79 Å². The summed E-state index contributed by atoms with van der Waals surface area (Å²) >= 11 is 5.77. The SMILES string of the molecule is COc1cc(C(=O)NCC(=O)N2CCN(c3ccc(F)c(Cl)c3)C2=O)ccc1OCCO. The molecule has 1 aliphatic rings. The Morgan fingerprint density at radius 2 is 1.97 bits per heavy atom. The molecule has 4 amide bonds. The number of benzene rings is 2. The molecule has 2 N–H and O–H groups in total. The Hall–Kier alpha value is -3.37. The lowest BCUT2D eigenvalue weighted by molar-refractivity contribution is -0.126. The monoisotopic (exact) mass is 465 g/mol. The zero-order valence-corrected chi connectivity index (χ0v) is 17.9. The fourth-order valence-electron chi connectivity index (χ4n) is 3.10. The summed E-state index contributed by atoms with van der Waals surface area (Å²) in [5.74, 6) is -1.09. The number of imide groups is 1. The molecule has 0 aliphatic carbocycles. The molecule has 0 radical (unpaired) electrons. The molecule has 1 aliphatic heterocycles. The number of carbonyl (C=O) groups excluding carboxylic acids is 3. The molecule has 1 saturated heterocycles. The molecular weight excluding hydrogens is 445 g/mol. The maximum absolute atomic E-state index is 13.4. The van der Waals surface area contributed by atoms with E-state index in [9.17, 15) is 18.8 Å². The lowest BCUT2D eigenvalue weighted by Gasteiger charge is -2.18. The quantitative estimate of drug-likeness (QED) is 0.617. The number of aliphatic hydroxyl groups is 1. The van der Waals surface area contributed by atoms with E-state index >= 15 is 0 Å². The first-order valence-electron chi connectivity index (χ1n) is 9.62. The fraction of sp³-hybridized carbons (Fsp3) is 0.286. The van der Waals surface area contributed by atoms with Gasteiger partial charge in [-0.15, -0.1) is 0 Å². The van der Waals surface area contributed by atoms with Gasteiger partial charge in [0.25, 0.3) is 5.91 Å². The average molecular weight is 466 g/mol. The summed E-state index contributed by atoms with van der Waals surface area (Å²) < 4.78 is 23.9. The number of ether oxygens (including phenoxy) is 2. The lowest BCUT2D eigenvalue weighted by atomic mass is 10.2. The van der Waals surface area contributed by atoms with Crippen molar-refractivity contribution >= 4 is 35.1 Å². The predicted molar refractivity (Wildman–Crippen MR) is 114 cm³/mol. The zero-order valence-electron chi connectivity index (χ0n) is 17.1. The second-order valence-corrected chi connectivity index (χ2v) is 7.11. The summed E-state index contributed by atoms with van der Waals surface area (Å²) in [4.78, 5) is 39.8. The number of hydrogen-bond acceptors (Lipinski definition) is 6. The Labute approximate surface area is 188 Å². The van der Waals surface area contributed by atoms with Gasteiger partial charge in [0, 0.05) is 24.3 Å². The molecule has 32 heavy (non-hydrogen) atoms. The highest BCUT2D eigenvalue weighted by atomic mass is 35.5. The van der Waals surface area contributed by atoms with E-state index in [2.05, 4.69) is 5.32 Å². The van der Waals surface area contributed by atoms with E-state index in [-0.39, 0.29) is 36.9 Å². The van der Waals surface area contributed by atoms with E-state index in [1.54, 1.807) is 0 Å². The van der Waals surface area contributed by atoms with E-state index in [4.69, 9.17) is 26.2 Å². The van der Waals surface area contributed by atoms with Crippen LogP contribution in [-0.4, -0.2) is 67.8 Å². The van der Waals surface area contributed by atoms with Gasteiger partial charge < -0.3 is 19.9 Å². The summed E-state index contributed by atoms with van der Waals surface area (Å²) in [5, 5.41) is 11.2. The largest absolute Gasteiger partial charge is 0.493 e. The topological polar surface area (TPSA) is 108 Å². The van der Waals surface area contributed by atoms with Gasteiger partial charge >= 0.3 is 6.03 Å². The van der Waals surface area contributed by atoms with Crippen LogP contribution in [0.2, 0.25) is 5.02 Å². The second-order valence-electron chi connectivity index (χ2n) is 6.70. The van der Waals surface area contributed by atoms with Crippen molar-refractivity contribution in [2.45, 2.75) is 0 Å². The van der Waals surface area contributed by atoms with Crippen LogP contribution in [0.4, 0.5) is 14.9 Å². The minimum atomic E-state index is -0.609. The number of carbonyl (C=O) groups is 3. The molecular formula is C21H21ClFN3O6. The highest BCUT2D eigenvalue weighted by Crippen LogP contribution is 2.28. The summed E-state index contributed by atoms with van der Waals surface area (Å²) in [7, 11) is 1.41. The number of methoxy groups -OCH3 is 1. The van der Waals surface area contributed by atoms with Crippen LogP contribution in [0.5, 0.6) is 11.5 Å². The summed E-state index contributed by atoms with van der Waals surface area (Å²) in [5.41, 5.74) is 0.595. The number of nitrogens with zero attached hydrogens (tertiary/aromatic N) is 2. The molecule has 0 spiro atoms. The van der Waals surface area contributed by atoms with Crippen LogP contribution < -0.4 is 19.7 Å². The van der Waals surface area contributed by atoms with Crippen molar-refractivity contribution in [1.29, 1.82) is 0 Å². The molecule has 2 aromatic carbocycles. The molecule has 0 unspecified atom stereocenters. The first-order chi connectivity index (χ1) is 15.3. The maximum atomic E-state index is 13.4. The molecule has 0 aromatic heterocycles. The van der Waals surface area contributed by atoms with Gasteiger partial charge in [-0.1, -0.05) is 11.6 Å². The fourth-order valence-corrected chi connectivity index (χ4v) is 3.27. The molecule has 170 valence electrons. The third kappa shape index (κ3) is 5.09. The Balaban J connectivity index is 1.60. The van der Waals surface area contributed by atoms with Crippen molar-refractivity contribution in [3.63, 3.8) is 0 Å². The van der Waals surface area contributed by atoms with Crippen molar-refractivity contribution in [2.75, 3.05) is 44.9 Å². The normalized spacial score (nSPS) is 13.3. The van der Waals surface area contributed by atoms with Crippen molar-refractivity contribution in [2.24, 2.45) is 0 Å². The van der Waals surface area contributed by atoms with Gasteiger partial charge in [0.05, 0.1) is 25.3 Å². The number of rotatable bonds is 8. The Morgan fingerprint density at radius 1 is 1.19 bits per heavy atom. The first kappa shape index (κ1) is 23.3. The van der Waals surface area contributed by atoms with E-state index in [0.29, 0.717) is 17.2 Å². The van der Waals surface area contributed by atoms with Crippen molar-refractivity contribution < 1.29 is 33.4 Å². The molecule has 0 bridgehead atoms. The zero-order chi connectivity index (χ0) is 23.3. The molecule has 0 atom stereocenters. The van der Waals surface area contributed by atoms with Crippen LogP contribution in [0.3, 0.4) is 0 Å². The van der Waals surface area contributed by atoms with Gasteiger partial charge in [0.2, 0.25) is 5.91 Å². The van der Waals surface area contributed by atoms with Gasteiger partial charge in [-0.05, 0) is 36.4 Å². The number of hydrogen-bond donors (Lipinski definition) is 2. The molecule has 11 heteroatoms. The first-order valence-corrected chi connectivity index (χ1v) is 10.00. The molecule has 0 saturated carbocycles. The highest BCUT2D eigenvalue weighted by Gasteiger charge is 2.34. The van der Waals surface area contributed by atoms with Crippen LogP contribution in [0.1, 0.15) is 10.4 Å². The van der Waals surface area contributed by atoms with Crippen LogP contribution in [0.15, 0.2) is 36.4 Å². The molecule has 2 aromatic rings. The molecule has 3 rings (SSSR count). The number of aliphatic hydroxyl groups excluding tert-OH is 1. The van der Waals surface area contributed by atoms with Gasteiger partial charge in [0.1, 0.15) is 12.4 Å². The minimum absolute atomic E-state index is 0.0708. The average Bonchev–Trinajstić information content (AvgIpc) is 3.18. The minimum Gasteiger partial charge on any atom is -0.493 e. The van der Waals surface area contributed by atoms with Crippen molar-refractivity contribution in [1.82, 2.24) is 10.2 Å². The van der Waals surface area contributed by atoms with Crippen LogP contribution in [0, 0.1) is 5.82 Å². The Morgan fingerprint density at radius 3 is 2.66 bits per heavy atom. The smallest absolute Gasteiger partial charge is 0.331 e. The molecule has 1 fully saturated rings. The van der Waals surface area contributed by atoms with Gasteiger partial charge in [-0.25, -0.2) is 9.18 Å². The summed E-state index contributed by atoms with van der Waals surface area (Å²) in [6.45, 7) is -0.163. The molecule has 9 nitrogen and oxygen atoms in total. The number of halogens is 2. The number of urea groups is 1. The van der Waals surface area contributed by atoms with Gasteiger partial charge in [0.15, 0.2) is 11.5 Å². The number of nitrogens with one attached hydrogen (secondary N) is 1. The Kier molecular flexibility index (Phi) is 7.49. The van der Waals surface area contributed by atoms with E-state index in [1.807, 2.05) is 0 Å². The van der Waals surface area contributed by atoms with Crippen LogP contribution in [0.25, 0.3) is 0 Å². The number of amides is 4. The molecule has 1 heterocycles. The van der Waals surface area contributed by atoms with Crippen molar-refractivity contribution in [3.05, 3.63) is 52.8 Å². The number of anilines is 1. The summed E-state index contributed by atoms with van der Waals surface area (Å²) in [6, 6.07) is 7.70. The van der Waals surface area contributed by atoms with E-state index < -0.39 is 30.2 Å². The maximum Gasteiger partial charge on any atom is 0.331 e. The van der Waals surface area contributed by atoms with Gasteiger partial charge in [-0.2, -0.15) is 0 Å². The second kappa shape index (κ2) is 10.3. The van der Waals surface area contributed by atoms with Crippen LogP contribution >= 0.6 is 11.6 Å². The predicted octanol–water partition coefficient (Wildman–Crippen LogP) is 2.06. The summed E-state index contributed by atoms with van der Waals surface area (Å²) in [6.07, 6.45) is 0. The highest BCUT2D eigenvalue weighted by molar-refractivity contribution is 6.31. The van der Waals surface area contributed by atoms with E-state index in [1.165, 1.54) is 42.3 Å². The lowest BCUT2D eigenvalue weighted by Crippen LogP contribution is -2.42. The van der Waals surface area contributed by atoms with Gasteiger partial charge in [-0.3, -0.25) is 19.4 Å².